The molecule has 0 fully saturated rings. The minimum atomic E-state index is -0.295. The Kier molecular flexibility index (Phi) is 10.4. The molecule has 1 rings (SSSR count). The maximum Gasteiger partial charge on any atom is 0.102 e. The highest BCUT2D eigenvalue weighted by atomic mass is 19.1. The fraction of sp³-hybridized carbons (Fsp3) is 0.600. The monoisotopic (exact) mass is 254 g/mol. The molecular formula is C15H27FN2. The summed E-state index contributed by atoms with van der Waals surface area (Å²) in [5, 5.41) is 3.06. The summed E-state index contributed by atoms with van der Waals surface area (Å²) < 4.78 is 11.9. The van der Waals surface area contributed by atoms with Gasteiger partial charge in [0.1, 0.15) is 6.67 Å². The van der Waals surface area contributed by atoms with Crippen LogP contribution >= 0.6 is 0 Å². The predicted molar refractivity (Wildman–Crippen MR) is 79.3 cm³/mol. The Labute approximate surface area is 111 Å². The molecule has 2 nitrogen and oxygen atoms in total. The van der Waals surface area contributed by atoms with Gasteiger partial charge in [0.25, 0.3) is 0 Å². The lowest BCUT2D eigenvalue weighted by atomic mass is 10.2. The summed E-state index contributed by atoms with van der Waals surface area (Å²) in [5.41, 5.74) is 2.51. The van der Waals surface area contributed by atoms with Crippen molar-refractivity contribution >= 4 is 5.69 Å². The van der Waals surface area contributed by atoms with E-state index in [-0.39, 0.29) is 6.67 Å². The Hall–Kier alpha value is -1.09. The lowest BCUT2D eigenvalue weighted by Crippen LogP contribution is -2.32. The van der Waals surface area contributed by atoms with Crippen LogP contribution in [0.5, 0.6) is 0 Å². The number of halogens is 1. The van der Waals surface area contributed by atoms with E-state index in [0.717, 1.165) is 19.6 Å². The number of nitrogens with one attached hydrogen (secondary N) is 1. The first-order chi connectivity index (χ1) is 8.77. The van der Waals surface area contributed by atoms with E-state index in [2.05, 4.69) is 48.3 Å². The standard InChI is InChI=1S/C13H21FN2.C2H6/c1-3-16(11-10-15-9-8-14)13-6-4-12(2)5-7-13;1-2/h4-7,15H,3,8-11H2,1-2H3;1-2H3. The molecule has 0 radical (unpaired) electrons. The fourth-order valence-electron chi connectivity index (χ4n) is 1.63. The number of likely N-dealkylation sites (N-methyl/N-ethyl adjacent to an activating group) is 1. The number of hydrogen-bond donors (Lipinski definition) is 1. The number of rotatable bonds is 7. The molecule has 1 aromatic carbocycles. The van der Waals surface area contributed by atoms with Crippen LogP contribution in [0.25, 0.3) is 0 Å². The quantitative estimate of drug-likeness (QED) is 0.750. The second-order valence-corrected chi connectivity index (χ2v) is 3.85. The molecule has 0 aliphatic rings. The average molecular weight is 254 g/mol. The maximum atomic E-state index is 11.9. The average Bonchev–Trinajstić information content (AvgIpc) is 2.43. The smallest absolute Gasteiger partial charge is 0.102 e. The van der Waals surface area contributed by atoms with Crippen molar-refractivity contribution in [3.63, 3.8) is 0 Å². The Morgan fingerprint density at radius 2 is 1.72 bits per heavy atom. The van der Waals surface area contributed by atoms with Gasteiger partial charge in [0.05, 0.1) is 0 Å². The molecule has 0 aliphatic carbocycles. The molecule has 0 aliphatic heterocycles. The first kappa shape index (κ1) is 16.9. The lowest BCUT2D eigenvalue weighted by molar-refractivity contribution is 0.468. The van der Waals surface area contributed by atoms with Crippen LogP contribution in [0.15, 0.2) is 24.3 Å². The fourth-order valence-corrected chi connectivity index (χ4v) is 1.63. The van der Waals surface area contributed by atoms with Gasteiger partial charge in [-0.1, -0.05) is 31.5 Å². The highest BCUT2D eigenvalue weighted by Crippen LogP contribution is 2.13. The number of anilines is 1. The van der Waals surface area contributed by atoms with E-state index in [0.29, 0.717) is 6.54 Å². The van der Waals surface area contributed by atoms with Gasteiger partial charge in [-0.2, -0.15) is 0 Å². The first-order valence-corrected chi connectivity index (χ1v) is 6.86. The summed E-state index contributed by atoms with van der Waals surface area (Å²) in [7, 11) is 0. The Morgan fingerprint density at radius 3 is 2.22 bits per heavy atom. The zero-order valence-electron chi connectivity index (χ0n) is 12.2. The Balaban J connectivity index is 0.00000137. The minimum absolute atomic E-state index is 0.295. The molecule has 0 saturated carbocycles. The van der Waals surface area contributed by atoms with Crippen LogP contribution < -0.4 is 10.2 Å². The molecule has 0 amide bonds. The van der Waals surface area contributed by atoms with Gasteiger partial charge in [-0.25, -0.2) is 4.39 Å². The largest absolute Gasteiger partial charge is 0.371 e. The third-order valence-electron chi connectivity index (χ3n) is 2.61. The van der Waals surface area contributed by atoms with E-state index in [4.69, 9.17) is 0 Å². The van der Waals surface area contributed by atoms with Crippen molar-refractivity contribution in [2.24, 2.45) is 0 Å². The summed E-state index contributed by atoms with van der Waals surface area (Å²) >= 11 is 0. The summed E-state index contributed by atoms with van der Waals surface area (Å²) in [6.45, 7) is 11.1. The molecule has 3 heteroatoms. The SMILES string of the molecule is CC.CCN(CCNCCF)c1ccc(C)cc1. The van der Waals surface area contributed by atoms with Crippen molar-refractivity contribution < 1.29 is 4.39 Å². The van der Waals surface area contributed by atoms with Crippen LogP contribution in [0.3, 0.4) is 0 Å². The molecule has 1 aromatic rings. The zero-order valence-corrected chi connectivity index (χ0v) is 12.2. The molecule has 0 unspecified atom stereocenters. The van der Waals surface area contributed by atoms with Crippen molar-refractivity contribution in [2.45, 2.75) is 27.7 Å². The van der Waals surface area contributed by atoms with E-state index < -0.39 is 0 Å². The third-order valence-corrected chi connectivity index (χ3v) is 2.61. The summed E-state index contributed by atoms with van der Waals surface area (Å²) in [4.78, 5) is 2.28. The summed E-state index contributed by atoms with van der Waals surface area (Å²) in [6.07, 6.45) is 0. The van der Waals surface area contributed by atoms with Gasteiger partial charge < -0.3 is 10.2 Å². The van der Waals surface area contributed by atoms with Gasteiger partial charge >= 0.3 is 0 Å². The maximum absolute atomic E-state index is 11.9. The van der Waals surface area contributed by atoms with Crippen LogP contribution in [-0.2, 0) is 0 Å². The molecule has 18 heavy (non-hydrogen) atoms. The van der Waals surface area contributed by atoms with Crippen molar-refractivity contribution in [1.82, 2.24) is 5.32 Å². The summed E-state index contributed by atoms with van der Waals surface area (Å²) in [6, 6.07) is 8.50. The van der Waals surface area contributed by atoms with E-state index in [1.807, 2.05) is 13.8 Å². The highest BCUT2D eigenvalue weighted by molar-refractivity contribution is 5.47. The van der Waals surface area contributed by atoms with Gasteiger partial charge in [-0.05, 0) is 26.0 Å². The van der Waals surface area contributed by atoms with Gasteiger partial charge in [0, 0.05) is 31.9 Å². The van der Waals surface area contributed by atoms with Gasteiger partial charge in [-0.15, -0.1) is 0 Å². The molecular weight excluding hydrogens is 227 g/mol. The zero-order chi connectivity index (χ0) is 13.8. The molecule has 104 valence electrons. The number of aryl methyl sites for hydroxylation is 1. The van der Waals surface area contributed by atoms with Crippen molar-refractivity contribution in [3.05, 3.63) is 29.8 Å². The predicted octanol–water partition coefficient (Wildman–Crippen LogP) is 3.41. The molecule has 0 saturated heterocycles. The molecule has 0 atom stereocenters. The van der Waals surface area contributed by atoms with Crippen LogP contribution in [0.4, 0.5) is 10.1 Å². The van der Waals surface area contributed by atoms with E-state index in [9.17, 15) is 4.39 Å². The minimum Gasteiger partial charge on any atom is -0.371 e. The van der Waals surface area contributed by atoms with Gasteiger partial charge in [-0.3, -0.25) is 0 Å². The first-order valence-electron chi connectivity index (χ1n) is 6.86. The molecule has 0 heterocycles. The van der Waals surface area contributed by atoms with Crippen LogP contribution in [-0.4, -0.2) is 32.9 Å². The number of alkyl halides is 1. The normalized spacial score (nSPS) is 9.61. The molecule has 0 aromatic heterocycles. The number of benzene rings is 1. The molecule has 1 N–H and O–H groups in total. The number of nitrogens with zero attached hydrogens (tertiary/aromatic N) is 1. The van der Waals surface area contributed by atoms with Crippen LogP contribution in [0.1, 0.15) is 26.3 Å². The summed E-state index contributed by atoms with van der Waals surface area (Å²) in [5.74, 6) is 0. The highest BCUT2D eigenvalue weighted by Gasteiger charge is 2.02. The number of hydrogen-bond acceptors (Lipinski definition) is 2. The Bertz CT molecular complexity index is 285. The van der Waals surface area contributed by atoms with Crippen molar-refractivity contribution in [3.8, 4) is 0 Å². The third kappa shape index (κ3) is 6.60. The Morgan fingerprint density at radius 1 is 1.11 bits per heavy atom. The molecule has 0 spiro atoms. The van der Waals surface area contributed by atoms with Gasteiger partial charge in [0.2, 0.25) is 0 Å². The lowest BCUT2D eigenvalue weighted by Gasteiger charge is -2.23. The second-order valence-electron chi connectivity index (χ2n) is 3.85. The van der Waals surface area contributed by atoms with E-state index >= 15 is 0 Å². The topological polar surface area (TPSA) is 15.3 Å². The van der Waals surface area contributed by atoms with Gasteiger partial charge in [0.15, 0.2) is 0 Å². The van der Waals surface area contributed by atoms with Crippen LogP contribution in [0.2, 0.25) is 0 Å². The second kappa shape index (κ2) is 11.0. The molecule has 0 bridgehead atoms. The van der Waals surface area contributed by atoms with Crippen molar-refractivity contribution in [1.29, 1.82) is 0 Å². The van der Waals surface area contributed by atoms with Crippen LogP contribution in [0, 0.1) is 6.92 Å². The van der Waals surface area contributed by atoms with E-state index in [1.54, 1.807) is 0 Å². The van der Waals surface area contributed by atoms with E-state index in [1.165, 1.54) is 11.3 Å². The van der Waals surface area contributed by atoms with Crippen molar-refractivity contribution in [2.75, 3.05) is 37.8 Å².